The lowest BCUT2D eigenvalue weighted by molar-refractivity contribution is 0.201. The maximum absolute atomic E-state index is 8.48. The molecular formula is C10H16ClNO2. The fraction of sp³-hybridized carbons (Fsp3) is 0.500. The van der Waals surface area contributed by atoms with Crippen LogP contribution in [-0.2, 0) is 0 Å². The maximum atomic E-state index is 8.48. The van der Waals surface area contributed by atoms with Gasteiger partial charge in [0.15, 0.2) is 10.9 Å². The van der Waals surface area contributed by atoms with Gasteiger partial charge in [-0.1, -0.05) is 25.4 Å². The Morgan fingerprint density at radius 3 is 2.57 bits per heavy atom. The number of aryl methyl sites for hydroxylation is 1. The molecular weight excluding hydrogens is 202 g/mol. The third kappa shape index (κ3) is 4.44. The molecule has 0 bridgehead atoms. The van der Waals surface area contributed by atoms with Crippen molar-refractivity contribution in [2.45, 2.75) is 20.8 Å². The summed E-state index contributed by atoms with van der Waals surface area (Å²) in [6.45, 7) is 6.07. The number of aliphatic hydroxyl groups excluding tert-OH is 1. The summed E-state index contributed by atoms with van der Waals surface area (Å²) in [5.41, 5.74) is 0.844. The molecule has 14 heavy (non-hydrogen) atoms. The molecule has 0 atom stereocenters. The number of halogens is 1. The first-order chi connectivity index (χ1) is 6.74. The predicted octanol–water partition coefficient (Wildman–Crippen LogP) is 2.44. The Kier molecular flexibility index (Phi) is 7.16. The second kappa shape index (κ2) is 7.59. The minimum absolute atomic E-state index is 0.0236. The van der Waals surface area contributed by atoms with Crippen LogP contribution in [0.1, 0.15) is 19.5 Å². The Morgan fingerprint density at radius 2 is 2.07 bits per heavy atom. The molecule has 1 rings (SSSR count). The van der Waals surface area contributed by atoms with Gasteiger partial charge in [0.2, 0.25) is 0 Å². The van der Waals surface area contributed by atoms with Gasteiger partial charge >= 0.3 is 0 Å². The third-order valence-electron chi connectivity index (χ3n) is 1.30. The lowest BCUT2D eigenvalue weighted by Crippen LogP contribution is -2.02. The maximum Gasteiger partial charge on any atom is 0.171 e. The number of nitrogens with zero attached hydrogens (tertiary/aromatic N) is 1. The molecule has 0 saturated heterocycles. The first-order valence-corrected chi connectivity index (χ1v) is 4.98. The number of hydrogen-bond acceptors (Lipinski definition) is 3. The van der Waals surface area contributed by atoms with Crippen LogP contribution >= 0.6 is 11.6 Å². The van der Waals surface area contributed by atoms with Crippen LogP contribution < -0.4 is 4.74 Å². The summed E-state index contributed by atoms with van der Waals surface area (Å²) in [6.07, 6.45) is 0. The molecule has 1 aromatic heterocycles. The minimum Gasteiger partial charge on any atom is -0.488 e. The molecule has 0 aliphatic heterocycles. The number of hydrogen-bond donors (Lipinski definition) is 1. The van der Waals surface area contributed by atoms with Crippen molar-refractivity contribution in [1.29, 1.82) is 0 Å². The fourth-order valence-corrected chi connectivity index (χ4v) is 1.03. The molecule has 0 saturated carbocycles. The smallest absolute Gasteiger partial charge is 0.171 e. The van der Waals surface area contributed by atoms with Crippen LogP contribution in [0.15, 0.2) is 12.1 Å². The average Bonchev–Trinajstić information content (AvgIpc) is 2.20. The van der Waals surface area contributed by atoms with E-state index in [1.54, 1.807) is 12.1 Å². The van der Waals surface area contributed by atoms with Gasteiger partial charge in [-0.3, -0.25) is 0 Å². The van der Waals surface area contributed by atoms with E-state index in [4.69, 9.17) is 21.4 Å². The molecule has 80 valence electrons. The van der Waals surface area contributed by atoms with Crippen molar-refractivity contribution in [3.8, 4) is 5.75 Å². The van der Waals surface area contributed by atoms with E-state index in [0.29, 0.717) is 10.9 Å². The minimum atomic E-state index is -0.0236. The van der Waals surface area contributed by atoms with Crippen molar-refractivity contribution in [3.63, 3.8) is 0 Å². The van der Waals surface area contributed by atoms with E-state index in [9.17, 15) is 0 Å². The number of rotatable bonds is 3. The van der Waals surface area contributed by atoms with E-state index in [-0.39, 0.29) is 13.2 Å². The van der Waals surface area contributed by atoms with Crippen LogP contribution in [0.4, 0.5) is 0 Å². The van der Waals surface area contributed by atoms with Gasteiger partial charge in [-0.25, -0.2) is 4.98 Å². The van der Waals surface area contributed by atoms with Crippen LogP contribution in [0.3, 0.4) is 0 Å². The monoisotopic (exact) mass is 217 g/mol. The summed E-state index contributed by atoms with van der Waals surface area (Å²) in [4.78, 5) is 3.99. The first-order valence-electron chi connectivity index (χ1n) is 4.61. The van der Waals surface area contributed by atoms with Crippen molar-refractivity contribution < 1.29 is 9.84 Å². The van der Waals surface area contributed by atoms with Crippen molar-refractivity contribution in [2.75, 3.05) is 13.2 Å². The van der Waals surface area contributed by atoms with Gasteiger partial charge < -0.3 is 9.84 Å². The SMILES string of the molecule is CC.Cc1ccc(OCCO)c(Cl)n1. The average molecular weight is 218 g/mol. The molecule has 0 aliphatic carbocycles. The van der Waals surface area contributed by atoms with E-state index in [1.807, 2.05) is 20.8 Å². The van der Waals surface area contributed by atoms with Crippen LogP contribution in [0, 0.1) is 6.92 Å². The van der Waals surface area contributed by atoms with Gasteiger partial charge in [0.25, 0.3) is 0 Å². The molecule has 0 fully saturated rings. The molecule has 0 aliphatic rings. The quantitative estimate of drug-likeness (QED) is 0.791. The predicted molar refractivity (Wildman–Crippen MR) is 57.9 cm³/mol. The molecule has 3 nitrogen and oxygen atoms in total. The summed E-state index contributed by atoms with van der Waals surface area (Å²) in [5, 5.41) is 8.82. The van der Waals surface area contributed by atoms with Crippen LogP contribution in [0.5, 0.6) is 5.75 Å². The van der Waals surface area contributed by atoms with Gasteiger partial charge in [0.1, 0.15) is 6.61 Å². The van der Waals surface area contributed by atoms with Crippen LogP contribution in [0.25, 0.3) is 0 Å². The third-order valence-corrected chi connectivity index (χ3v) is 1.57. The van der Waals surface area contributed by atoms with Crippen molar-refractivity contribution in [3.05, 3.63) is 23.0 Å². The van der Waals surface area contributed by atoms with Gasteiger partial charge in [0, 0.05) is 5.69 Å². The molecule has 0 spiro atoms. The molecule has 0 aromatic carbocycles. The molecule has 0 radical (unpaired) electrons. The Bertz CT molecular complexity index is 266. The lowest BCUT2D eigenvalue weighted by atomic mass is 10.4. The zero-order chi connectivity index (χ0) is 11.0. The van der Waals surface area contributed by atoms with E-state index in [0.717, 1.165) is 5.69 Å². The van der Waals surface area contributed by atoms with Gasteiger partial charge in [0.05, 0.1) is 6.61 Å². The van der Waals surface area contributed by atoms with Crippen LogP contribution in [0.2, 0.25) is 5.15 Å². The van der Waals surface area contributed by atoms with Crippen LogP contribution in [-0.4, -0.2) is 23.3 Å². The van der Waals surface area contributed by atoms with E-state index in [1.165, 1.54) is 0 Å². The fourth-order valence-electron chi connectivity index (χ4n) is 0.776. The lowest BCUT2D eigenvalue weighted by Gasteiger charge is -2.05. The van der Waals surface area contributed by atoms with Gasteiger partial charge in [-0.05, 0) is 19.1 Å². The summed E-state index contributed by atoms with van der Waals surface area (Å²) in [6, 6.07) is 3.54. The summed E-state index contributed by atoms with van der Waals surface area (Å²) in [5.74, 6) is 0.510. The van der Waals surface area contributed by atoms with Gasteiger partial charge in [-0.2, -0.15) is 0 Å². The topological polar surface area (TPSA) is 42.4 Å². The second-order valence-electron chi connectivity index (χ2n) is 2.31. The van der Waals surface area contributed by atoms with E-state index in [2.05, 4.69) is 4.98 Å². The summed E-state index contributed by atoms with van der Waals surface area (Å²) < 4.78 is 5.10. The Labute approximate surface area is 89.7 Å². The van der Waals surface area contributed by atoms with Crippen molar-refractivity contribution in [1.82, 2.24) is 4.98 Å². The second-order valence-corrected chi connectivity index (χ2v) is 2.67. The van der Waals surface area contributed by atoms with Crippen molar-refractivity contribution in [2.24, 2.45) is 0 Å². The number of ether oxygens (including phenoxy) is 1. The standard InChI is InChI=1S/C8H10ClNO2.C2H6/c1-6-2-3-7(8(9)10-6)12-5-4-11;1-2/h2-3,11H,4-5H2,1H3;1-2H3. The summed E-state index contributed by atoms with van der Waals surface area (Å²) in [7, 11) is 0. The Balaban J connectivity index is 0.000000791. The zero-order valence-electron chi connectivity index (χ0n) is 8.75. The Morgan fingerprint density at radius 1 is 1.43 bits per heavy atom. The highest BCUT2D eigenvalue weighted by atomic mass is 35.5. The molecule has 0 amide bonds. The van der Waals surface area contributed by atoms with E-state index < -0.39 is 0 Å². The van der Waals surface area contributed by atoms with Gasteiger partial charge in [-0.15, -0.1) is 0 Å². The highest BCUT2D eigenvalue weighted by Gasteiger charge is 2.01. The highest BCUT2D eigenvalue weighted by Crippen LogP contribution is 2.21. The first kappa shape index (κ1) is 13.2. The molecule has 1 aromatic rings. The number of aliphatic hydroxyl groups is 1. The Hall–Kier alpha value is -0.800. The van der Waals surface area contributed by atoms with E-state index >= 15 is 0 Å². The number of pyridine rings is 1. The molecule has 1 N–H and O–H groups in total. The molecule has 0 unspecified atom stereocenters. The van der Waals surface area contributed by atoms with Crippen molar-refractivity contribution >= 4 is 11.6 Å². The molecule has 1 heterocycles. The highest BCUT2D eigenvalue weighted by molar-refractivity contribution is 6.30. The molecule has 4 heteroatoms. The normalized spacial score (nSPS) is 8.93. The largest absolute Gasteiger partial charge is 0.488 e. The zero-order valence-corrected chi connectivity index (χ0v) is 9.51. The number of aromatic nitrogens is 1. The summed E-state index contributed by atoms with van der Waals surface area (Å²) >= 11 is 5.75.